The zero-order valence-electron chi connectivity index (χ0n) is 11.2. The Labute approximate surface area is 119 Å². The molecule has 18 heavy (non-hydrogen) atoms. The van der Waals surface area contributed by atoms with Gasteiger partial charge in [-0.2, -0.15) is 0 Å². The Balaban J connectivity index is 1.97. The van der Waals surface area contributed by atoms with Gasteiger partial charge >= 0.3 is 0 Å². The molecule has 0 aliphatic heterocycles. The Morgan fingerprint density at radius 1 is 1.17 bits per heavy atom. The van der Waals surface area contributed by atoms with Crippen molar-refractivity contribution in [2.45, 2.75) is 70.8 Å². The Morgan fingerprint density at radius 2 is 1.78 bits per heavy atom. The number of aliphatic hydroxyl groups excluding tert-OH is 1. The molecule has 4 heteroatoms. The summed E-state index contributed by atoms with van der Waals surface area (Å²) in [6.07, 6.45) is 12.3. The van der Waals surface area contributed by atoms with Gasteiger partial charge in [0.2, 0.25) is 0 Å². The van der Waals surface area contributed by atoms with Gasteiger partial charge in [0.25, 0.3) is 0 Å². The zero-order chi connectivity index (χ0) is 13.2. The molecular formula is C14H24ClNOS. The molecule has 0 amide bonds. The van der Waals surface area contributed by atoms with Crippen molar-refractivity contribution in [3.8, 4) is 0 Å². The summed E-state index contributed by atoms with van der Waals surface area (Å²) in [7, 11) is 0. The quantitative estimate of drug-likeness (QED) is 0.588. The fourth-order valence-corrected chi connectivity index (χ4v) is 2.97. The minimum Gasteiger partial charge on any atom is -0.386 e. The topological polar surface area (TPSA) is 33.1 Å². The molecule has 1 atom stereocenters. The highest BCUT2D eigenvalue weighted by Gasteiger charge is 2.11. The monoisotopic (exact) mass is 289 g/mol. The first kappa shape index (κ1) is 15.9. The summed E-state index contributed by atoms with van der Waals surface area (Å²) in [5, 5.41) is 10.6. The van der Waals surface area contributed by atoms with E-state index < -0.39 is 6.10 Å². The first-order valence-corrected chi connectivity index (χ1v) is 8.22. The largest absolute Gasteiger partial charge is 0.386 e. The van der Waals surface area contributed by atoms with Gasteiger partial charge in [-0.1, -0.05) is 69.9 Å². The van der Waals surface area contributed by atoms with Gasteiger partial charge in [0.05, 0.1) is 6.20 Å². The predicted molar refractivity (Wildman–Crippen MR) is 79.3 cm³/mol. The van der Waals surface area contributed by atoms with Crippen molar-refractivity contribution in [3.63, 3.8) is 0 Å². The van der Waals surface area contributed by atoms with Crippen molar-refractivity contribution in [2.24, 2.45) is 0 Å². The van der Waals surface area contributed by atoms with Crippen LogP contribution < -0.4 is 0 Å². The van der Waals surface area contributed by atoms with Crippen molar-refractivity contribution in [1.29, 1.82) is 0 Å². The summed E-state index contributed by atoms with van der Waals surface area (Å²) < 4.78 is 0.653. The molecule has 0 saturated carbocycles. The highest BCUT2D eigenvalue weighted by Crippen LogP contribution is 2.27. The third-order valence-electron chi connectivity index (χ3n) is 3.11. The Bertz CT molecular complexity index is 316. The van der Waals surface area contributed by atoms with Gasteiger partial charge in [0, 0.05) is 0 Å². The molecule has 1 unspecified atom stereocenters. The van der Waals surface area contributed by atoms with Gasteiger partial charge in [0.1, 0.15) is 15.4 Å². The number of unbranched alkanes of at least 4 members (excludes halogenated alkanes) is 7. The number of hydrogen-bond acceptors (Lipinski definition) is 3. The number of hydrogen-bond donors (Lipinski definition) is 1. The van der Waals surface area contributed by atoms with Crippen LogP contribution in [0.1, 0.15) is 75.8 Å². The van der Waals surface area contributed by atoms with Crippen LogP contribution >= 0.6 is 22.9 Å². The molecule has 0 bridgehead atoms. The van der Waals surface area contributed by atoms with Crippen LogP contribution in [0.2, 0.25) is 4.34 Å². The number of aromatic nitrogens is 1. The van der Waals surface area contributed by atoms with E-state index >= 15 is 0 Å². The molecule has 1 aromatic rings. The maximum absolute atomic E-state index is 9.90. The molecule has 2 nitrogen and oxygen atoms in total. The van der Waals surface area contributed by atoms with E-state index in [0.29, 0.717) is 4.34 Å². The summed E-state index contributed by atoms with van der Waals surface area (Å²) in [6, 6.07) is 0. The lowest BCUT2D eigenvalue weighted by Crippen LogP contribution is -1.96. The summed E-state index contributed by atoms with van der Waals surface area (Å²) in [5.41, 5.74) is 0. The molecule has 1 rings (SSSR count). The van der Waals surface area contributed by atoms with E-state index in [1.165, 1.54) is 56.3 Å². The lowest BCUT2D eigenvalue weighted by atomic mass is 10.1. The molecule has 0 spiro atoms. The lowest BCUT2D eigenvalue weighted by molar-refractivity contribution is 0.163. The number of thiazole rings is 1. The van der Waals surface area contributed by atoms with Crippen molar-refractivity contribution >= 4 is 22.9 Å². The van der Waals surface area contributed by atoms with Gasteiger partial charge in [-0.05, 0) is 6.42 Å². The van der Waals surface area contributed by atoms with E-state index in [-0.39, 0.29) is 0 Å². The van der Waals surface area contributed by atoms with Crippen LogP contribution in [0.4, 0.5) is 0 Å². The SMILES string of the molecule is CCCCCCCCCCC(O)c1ncc(Cl)s1. The standard InChI is InChI=1S/C14H24ClNOS/c1-2-3-4-5-6-7-8-9-10-12(17)14-16-11-13(15)18-14/h11-12,17H,2-10H2,1H3. The van der Waals surface area contributed by atoms with Crippen molar-refractivity contribution in [3.05, 3.63) is 15.5 Å². The Kier molecular flexibility index (Phi) is 8.64. The van der Waals surface area contributed by atoms with Crippen LogP contribution in [0.3, 0.4) is 0 Å². The van der Waals surface area contributed by atoms with E-state index in [4.69, 9.17) is 11.6 Å². The zero-order valence-corrected chi connectivity index (χ0v) is 12.8. The highest BCUT2D eigenvalue weighted by molar-refractivity contribution is 7.15. The second kappa shape index (κ2) is 9.76. The molecule has 0 aromatic carbocycles. The first-order chi connectivity index (χ1) is 8.74. The fraction of sp³-hybridized carbons (Fsp3) is 0.786. The minimum absolute atomic E-state index is 0.428. The number of rotatable bonds is 10. The lowest BCUT2D eigenvalue weighted by Gasteiger charge is -2.06. The van der Waals surface area contributed by atoms with Crippen molar-refractivity contribution in [1.82, 2.24) is 4.98 Å². The van der Waals surface area contributed by atoms with Crippen molar-refractivity contribution < 1.29 is 5.11 Å². The van der Waals surface area contributed by atoms with E-state index in [0.717, 1.165) is 17.8 Å². The maximum atomic E-state index is 9.90. The third kappa shape index (κ3) is 6.72. The maximum Gasteiger partial charge on any atom is 0.123 e. The fourth-order valence-electron chi connectivity index (χ4n) is 2.02. The normalized spacial score (nSPS) is 12.8. The average molecular weight is 290 g/mol. The second-order valence-electron chi connectivity index (χ2n) is 4.78. The van der Waals surface area contributed by atoms with E-state index in [1.54, 1.807) is 6.20 Å². The molecule has 104 valence electrons. The molecule has 0 aliphatic carbocycles. The molecule has 0 radical (unpaired) electrons. The van der Waals surface area contributed by atoms with Gasteiger partial charge < -0.3 is 5.11 Å². The summed E-state index contributed by atoms with van der Waals surface area (Å²) >= 11 is 7.17. The highest BCUT2D eigenvalue weighted by atomic mass is 35.5. The molecule has 0 saturated heterocycles. The van der Waals surface area contributed by atoms with Gasteiger partial charge in [-0.15, -0.1) is 11.3 Å². The summed E-state index contributed by atoms with van der Waals surface area (Å²) in [6.45, 7) is 2.24. The third-order valence-corrected chi connectivity index (χ3v) is 4.33. The van der Waals surface area contributed by atoms with Gasteiger partial charge in [-0.25, -0.2) is 4.98 Å². The molecule has 1 heterocycles. The van der Waals surface area contributed by atoms with Gasteiger partial charge in [-0.3, -0.25) is 0 Å². The second-order valence-corrected chi connectivity index (χ2v) is 6.48. The van der Waals surface area contributed by atoms with Crippen LogP contribution in [0.5, 0.6) is 0 Å². The van der Waals surface area contributed by atoms with Crippen LogP contribution in [0, 0.1) is 0 Å². The van der Waals surface area contributed by atoms with E-state index in [9.17, 15) is 5.11 Å². The number of aliphatic hydroxyl groups is 1. The van der Waals surface area contributed by atoms with Crippen LogP contribution in [-0.2, 0) is 0 Å². The molecule has 0 aliphatic rings. The molecule has 0 fully saturated rings. The van der Waals surface area contributed by atoms with Crippen LogP contribution in [-0.4, -0.2) is 10.1 Å². The number of halogens is 1. The Morgan fingerprint density at radius 3 is 2.33 bits per heavy atom. The summed E-state index contributed by atoms with van der Waals surface area (Å²) in [4.78, 5) is 4.10. The molecular weight excluding hydrogens is 266 g/mol. The van der Waals surface area contributed by atoms with Crippen LogP contribution in [0.25, 0.3) is 0 Å². The molecule has 1 N–H and O–H groups in total. The number of nitrogens with zero attached hydrogens (tertiary/aromatic N) is 1. The minimum atomic E-state index is -0.428. The van der Waals surface area contributed by atoms with E-state index in [2.05, 4.69) is 11.9 Å². The molecule has 1 aromatic heterocycles. The smallest absolute Gasteiger partial charge is 0.123 e. The van der Waals surface area contributed by atoms with Crippen molar-refractivity contribution in [2.75, 3.05) is 0 Å². The van der Waals surface area contributed by atoms with E-state index in [1.807, 2.05) is 0 Å². The van der Waals surface area contributed by atoms with Gasteiger partial charge in [0.15, 0.2) is 0 Å². The van der Waals surface area contributed by atoms with Crippen LogP contribution in [0.15, 0.2) is 6.20 Å². The average Bonchev–Trinajstić information content (AvgIpc) is 2.79. The Hall–Kier alpha value is -0.120. The predicted octanol–water partition coefficient (Wildman–Crippen LogP) is 5.36. The summed E-state index contributed by atoms with van der Waals surface area (Å²) in [5.74, 6) is 0. The first-order valence-electron chi connectivity index (χ1n) is 7.03.